The lowest BCUT2D eigenvalue weighted by molar-refractivity contribution is -0.148. The molecule has 3 rings (SSSR count). The molecular weight excluding hydrogens is 400 g/mol. The molecule has 0 saturated carbocycles. The number of fused-ring (bicyclic) bond motifs is 1. The van der Waals surface area contributed by atoms with Crippen molar-refractivity contribution in [1.29, 1.82) is 0 Å². The third-order valence-corrected chi connectivity index (χ3v) is 5.86. The zero-order valence-electron chi connectivity index (χ0n) is 18.3. The zero-order valence-corrected chi connectivity index (χ0v) is 19.1. The molecule has 2 unspecified atom stereocenters. The number of rotatable bonds is 8. The van der Waals surface area contributed by atoms with Crippen LogP contribution in [0.2, 0.25) is 0 Å². The molecule has 0 N–H and O–H groups in total. The molecule has 0 aliphatic carbocycles. The van der Waals surface area contributed by atoms with Crippen LogP contribution in [-0.2, 0) is 20.7 Å². The minimum atomic E-state index is -0.692. The highest BCUT2D eigenvalue weighted by Crippen LogP contribution is 2.39. The van der Waals surface area contributed by atoms with E-state index in [-0.39, 0.29) is 17.8 Å². The molecule has 1 aromatic carbocycles. The molecule has 2 aromatic rings. The molecule has 0 fully saturated rings. The molecule has 1 aliphatic heterocycles. The van der Waals surface area contributed by atoms with Gasteiger partial charge in [0.25, 0.3) is 5.91 Å². The van der Waals surface area contributed by atoms with Gasteiger partial charge in [-0.3, -0.25) is 9.69 Å². The van der Waals surface area contributed by atoms with Crippen molar-refractivity contribution in [3.8, 4) is 17.0 Å². The number of anilines is 1. The molecule has 2 atom stereocenters. The Balaban J connectivity index is 1.98. The minimum Gasteiger partial charge on any atom is -0.479 e. The molecule has 0 spiro atoms. The second-order valence-electron chi connectivity index (χ2n) is 7.98. The number of carbonyl (C=O) groups is 2. The molecular formula is C23H30N2O4S. The first kappa shape index (κ1) is 22.3. The summed E-state index contributed by atoms with van der Waals surface area (Å²) in [5.41, 5.74) is 2.36. The highest BCUT2D eigenvalue weighted by molar-refractivity contribution is 7.09. The smallest absolute Gasteiger partial charge is 0.329 e. The van der Waals surface area contributed by atoms with Crippen molar-refractivity contribution in [1.82, 2.24) is 4.98 Å². The Kier molecular flexibility index (Phi) is 7.13. The summed E-state index contributed by atoms with van der Waals surface area (Å²) in [4.78, 5) is 32.1. The van der Waals surface area contributed by atoms with Crippen molar-refractivity contribution in [2.45, 2.75) is 66.0 Å². The SMILES string of the molecule is CCCc1nc(-c2ccc3c(c2)N(C(CC)C(=O)OCC(C)C)C(=O)C(C)O3)cs1. The lowest BCUT2D eigenvalue weighted by atomic mass is 10.0. The quantitative estimate of drug-likeness (QED) is 0.560. The van der Waals surface area contributed by atoms with Gasteiger partial charge in [-0.25, -0.2) is 9.78 Å². The first-order chi connectivity index (χ1) is 14.3. The number of aromatic nitrogens is 1. The van der Waals surface area contributed by atoms with Gasteiger partial charge in [-0.2, -0.15) is 0 Å². The van der Waals surface area contributed by atoms with Gasteiger partial charge in [0, 0.05) is 10.9 Å². The van der Waals surface area contributed by atoms with Crippen molar-refractivity contribution >= 4 is 28.9 Å². The summed E-state index contributed by atoms with van der Waals surface area (Å²) in [6, 6.07) is 5.00. The van der Waals surface area contributed by atoms with E-state index in [9.17, 15) is 9.59 Å². The normalized spacial score (nSPS) is 16.9. The van der Waals surface area contributed by atoms with Crippen LogP contribution in [0.3, 0.4) is 0 Å². The lowest BCUT2D eigenvalue weighted by Gasteiger charge is -2.37. The maximum atomic E-state index is 13.0. The predicted molar refractivity (Wildman–Crippen MR) is 119 cm³/mol. The fourth-order valence-corrected chi connectivity index (χ4v) is 4.32. The lowest BCUT2D eigenvalue weighted by Crippen LogP contribution is -2.53. The minimum absolute atomic E-state index is 0.228. The fraction of sp³-hybridized carbons (Fsp3) is 0.522. The molecule has 0 bridgehead atoms. The number of hydrogen-bond donors (Lipinski definition) is 0. The van der Waals surface area contributed by atoms with Gasteiger partial charge in [0.2, 0.25) is 0 Å². The van der Waals surface area contributed by atoms with Crippen LogP contribution in [0, 0.1) is 5.92 Å². The number of aryl methyl sites for hydroxylation is 1. The van der Waals surface area contributed by atoms with E-state index in [4.69, 9.17) is 14.5 Å². The van der Waals surface area contributed by atoms with Gasteiger partial charge in [0.15, 0.2) is 6.10 Å². The number of ether oxygens (including phenoxy) is 2. The molecule has 1 aromatic heterocycles. The summed E-state index contributed by atoms with van der Waals surface area (Å²) in [5, 5.41) is 3.12. The van der Waals surface area contributed by atoms with Crippen LogP contribution in [0.5, 0.6) is 5.75 Å². The van der Waals surface area contributed by atoms with Gasteiger partial charge in [-0.05, 0) is 50.3 Å². The van der Waals surface area contributed by atoms with Crippen LogP contribution in [0.1, 0.15) is 52.5 Å². The van der Waals surface area contributed by atoms with Crippen LogP contribution in [0.15, 0.2) is 23.6 Å². The van der Waals surface area contributed by atoms with Crippen LogP contribution < -0.4 is 9.64 Å². The third-order valence-electron chi connectivity index (χ3n) is 4.95. The molecule has 1 aliphatic rings. The molecule has 0 saturated heterocycles. The number of nitrogens with zero attached hydrogens (tertiary/aromatic N) is 2. The average molecular weight is 431 g/mol. The van der Waals surface area contributed by atoms with Crippen LogP contribution in [0.4, 0.5) is 5.69 Å². The molecule has 7 heteroatoms. The van der Waals surface area contributed by atoms with Crippen molar-refractivity contribution in [2.75, 3.05) is 11.5 Å². The van der Waals surface area contributed by atoms with Gasteiger partial charge in [-0.15, -0.1) is 11.3 Å². The Hall–Kier alpha value is -2.41. The Morgan fingerprint density at radius 1 is 1.33 bits per heavy atom. The number of hydrogen-bond acceptors (Lipinski definition) is 6. The van der Waals surface area contributed by atoms with Crippen molar-refractivity contribution in [3.05, 3.63) is 28.6 Å². The molecule has 162 valence electrons. The Labute approximate surface area is 182 Å². The summed E-state index contributed by atoms with van der Waals surface area (Å²) in [6.45, 7) is 10.0. The number of benzene rings is 1. The van der Waals surface area contributed by atoms with Crippen LogP contribution in [0.25, 0.3) is 11.3 Å². The van der Waals surface area contributed by atoms with E-state index in [0.29, 0.717) is 24.5 Å². The van der Waals surface area contributed by atoms with Crippen molar-refractivity contribution in [3.63, 3.8) is 0 Å². The van der Waals surface area contributed by atoms with Crippen molar-refractivity contribution < 1.29 is 19.1 Å². The van der Waals surface area contributed by atoms with Gasteiger partial charge in [0.1, 0.15) is 11.8 Å². The molecule has 2 heterocycles. The maximum Gasteiger partial charge on any atom is 0.329 e. The van der Waals surface area contributed by atoms with Crippen LogP contribution in [-0.4, -0.2) is 35.6 Å². The van der Waals surface area contributed by atoms with Crippen LogP contribution >= 0.6 is 11.3 Å². The molecule has 1 amide bonds. The number of amides is 1. The largest absolute Gasteiger partial charge is 0.479 e. The Morgan fingerprint density at radius 2 is 2.10 bits per heavy atom. The zero-order chi connectivity index (χ0) is 21.8. The fourth-order valence-electron chi connectivity index (χ4n) is 3.41. The van der Waals surface area contributed by atoms with Gasteiger partial charge in [0.05, 0.1) is 23.0 Å². The van der Waals surface area contributed by atoms with Gasteiger partial charge < -0.3 is 9.47 Å². The Morgan fingerprint density at radius 3 is 2.77 bits per heavy atom. The second-order valence-corrected chi connectivity index (χ2v) is 8.92. The third kappa shape index (κ3) is 4.67. The summed E-state index contributed by atoms with van der Waals surface area (Å²) in [6.07, 6.45) is 1.78. The van der Waals surface area contributed by atoms with E-state index in [1.807, 2.05) is 44.4 Å². The Bertz CT molecular complexity index is 908. The number of thiazole rings is 1. The first-order valence-corrected chi connectivity index (χ1v) is 11.5. The van der Waals surface area contributed by atoms with Gasteiger partial charge >= 0.3 is 5.97 Å². The topological polar surface area (TPSA) is 68.7 Å². The number of esters is 1. The highest BCUT2D eigenvalue weighted by atomic mass is 32.1. The first-order valence-electron chi connectivity index (χ1n) is 10.6. The second kappa shape index (κ2) is 9.60. The summed E-state index contributed by atoms with van der Waals surface area (Å²) < 4.78 is 11.3. The van der Waals surface area contributed by atoms with Crippen molar-refractivity contribution in [2.24, 2.45) is 5.92 Å². The van der Waals surface area contributed by atoms with E-state index in [2.05, 4.69) is 6.92 Å². The monoisotopic (exact) mass is 430 g/mol. The van der Waals surface area contributed by atoms with Gasteiger partial charge in [-0.1, -0.05) is 27.7 Å². The van der Waals surface area contributed by atoms with E-state index in [1.54, 1.807) is 23.2 Å². The van der Waals surface area contributed by atoms with E-state index in [0.717, 1.165) is 29.1 Å². The summed E-state index contributed by atoms with van der Waals surface area (Å²) >= 11 is 1.64. The van der Waals surface area contributed by atoms with E-state index in [1.165, 1.54) is 0 Å². The number of carbonyl (C=O) groups excluding carboxylic acids is 2. The molecule has 6 nitrogen and oxygen atoms in total. The molecule has 30 heavy (non-hydrogen) atoms. The van der Waals surface area contributed by atoms with E-state index >= 15 is 0 Å². The predicted octanol–water partition coefficient (Wildman–Crippen LogP) is 4.85. The maximum absolute atomic E-state index is 13.0. The highest BCUT2D eigenvalue weighted by Gasteiger charge is 2.39. The summed E-state index contributed by atoms with van der Waals surface area (Å²) in [7, 11) is 0. The molecule has 0 radical (unpaired) electrons. The summed E-state index contributed by atoms with van der Waals surface area (Å²) in [5.74, 6) is 0.193. The average Bonchev–Trinajstić information content (AvgIpc) is 3.18. The standard InChI is InChI=1S/C23H30N2O4S/c1-6-8-21-24-17(13-30-21)16-9-10-20-19(11-16)25(22(26)15(5)29-20)18(7-2)23(27)28-12-14(3)4/h9-11,13-15,18H,6-8,12H2,1-5H3. The van der Waals surface area contributed by atoms with E-state index < -0.39 is 12.1 Å².